The Hall–Kier alpha value is -9.06. The summed E-state index contributed by atoms with van der Waals surface area (Å²) >= 11 is 0. The third kappa shape index (κ3) is 8.46. The number of rotatable bonds is 10. The molecule has 0 radical (unpaired) electrons. The average Bonchev–Trinajstić information content (AvgIpc) is 4.08. The van der Waals surface area contributed by atoms with Gasteiger partial charge in [-0.15, -0.1) is 0 Å². The number of H-pyrrole nitrogens is 2. The smallest absolute Gasteiger partial charge is 0.335 e. The molecule has 3 aromatic heterocycles. The molecule has 0 atom stereocenters. The molecular formula is C46H28N10O14S4. The number of benzene rings is 6. The Morgan fingerprint density at radius 3 is 1.12 bits per heavy atom. The Bertz CT molecular complexity index is 4390. The van der Waals surface area contributed by atoms with E-state index in [4.69, 9.17) is 29.9 Å². The third-order valence-electron chi connectivity index (χ3n) is 11.7. The van der Waals surface area contributed by atoms with E-state index in [2.05, 4.69) is 19.4 Å². The largest absolute Gasteiger partial charge is 0.478 e. The van der Waals surface area contributed by atoms with Gasteiger partial charge in [-0.3, -0.25) is 18.5 Å². The number of nitrogens with one attached hydrogen (secondary N) is 4. The fourth-order valence-electron chi connectivity index (χ4n) is 8.22. The summed E-state index contributed by atoms with van der Waals surface area (Å²) in [6, 6.07) is 24.9. The molecule has 0 spiro atoms. The van der Waals surface area contributed by atoms with Crippen LogP contribution in [0.1, 0.15) is 20.7 Å². The van der Waals surface area contributed by atoms with Crippen LogP contribution >= 0.6 is 0 Å². The lowest BCUT2D eigenvalue weighted by atomic mass is 10.1. The zero-order valence-electron chi connectivity index (χ0n) is 36.7. The van der Waals surface area contributed by atoms with E-state index in [-0.39, 0.29) is 122 Å². The van der Waals surface area contributed by atoms with Crippen molar-refractivity contribution >= 4 is 108 Å². The second kappa shape index (κ2) is 16.8. The molecule has 24 nitrogen and oxygen atoms in total. The zero-order chi connectivity index (χ0) is 52.2. The number of hydrogen-bond acceptors (Lipinski definition) is 16. The summed E-state index contributed by atoms with van der Waals surface area (Å²) in [5.41, 5.74) is 0.134. The molecule has 0 amide bonds. The van der Waals surface area contributed by atoms with Crippen molar-refractivity contribution in [1.82, 2.24) is 39.9 Å². The molecule has 2 aliphatic rings. The van der Waals surface area contributed by atoms with Crippen molar-refractivity contribution < 1.29 is 62.6 Å². The number of anilines is 2. The van der Waals surface area contributed by atoms with Crippen LogP contribution in [-0.2, 0) is 40.3 Å². The number of hydrogen-bond donors (Lipinski definition) is 8. The number of carboxylic acid groups (broad SMARTS) is 2. The maximum atomic E-state index is 13.6. The molecule has 5 heterocycles. The van der Waals surface area contributed by atoms with E-state index in [1.165, 1.54) is 84.9 Å². The molecule has 0 saturated heterocycles. The minimum absolute atomic E-state index is 0.00462. The van der Waals surface area contributed by atoms with Gasteiger partial charge in [-0.1, -0.05) is 12.1 Å². The minimum Gasteiger partial charge on any atom is -0.478 e. The number of carboxylic acids is 2. The molecule has 2 aliphatic heterocycles. The highest BCUT2D eigenvalue weighted by atomic mass is 32.2. The van der Waals surface area contributed by atoms with Gasteiger partial charge >= 0.3 is 11.9 Å². The fraction of sp³-hybridized carbons (Fsp3) is 0. The Morgan fingerprint density at radius 1 is 0.392 bits per heavy atom. The Morgan fingerprint density at radius 2 is 0.757 bits per heavy atom. The van der Waals surface area contributed by atoms with Crippen LogP contribution in [-0.4, -0.2) is 105 Å². The van der Waals surface area contributed by atoms with E-state index >= 15 is 0 Å². The first-order chi connectivity index (χ1) is 35.0. The molecule has 28 heteroatoms. The van der Waals surface area contributed by atoms with Crippen LogP contribution < -0.4 is 9.44 Å². The lowest BCUT2D eigenvalue weighted by molar-refractivity contribution is 0.0685. The molecular weight excluding hydrogens is 1040 g/mol. The summed E-state index contributed by atoms with van der Waals surface area (Å²) in [4.78, 5) is 56.2. The maximum absolute atomic E-state index is 13.6. The zero-order valence-corrected chi connectivity index (χ0v) is 40.0. The number of carbonyl (C=O) groups is 2. The molecule has 11 rings (SSSR count). The number of fused-ring (bicyclic) bond motifs is 20. The lowest BCUT2D eigenvalue weighted by Gasteiger charge is -2.10. The predicted molar refractivity (Wildman–Crippen MR) is 264 cm³/mol. The summed E-state index contributed by atoms with van der Waals surface area (Å²) in [5, 5.41) is 19.6. The van der Waals surface area contributed by atoms with E-state index in [0.717, 1.165) is 36.4 Å². The number of nitrogens with zero attached hydrogens (tertiary/aromatic N) is 6. The molecule has 0 aliphatic carbocycles. The van der Waals surface area contributed by atoms with Crippen LogP contribution in [0.4, 0.5) is 11.4 Å². The van der Waals surface area contributed by atoms with Crippen LogP contribution in [0.5, 0.6) is 0 Å². The van der Waals surface area contributed by atoms with Crippen molar-refractivity contribution in [2.75, 3.05) is 9.44 Å². The van der Waals surface area contributed by atoms with Crippen LogP contribution in [0.25, 0.3) is 89.7 Å². The van der Waals surface area contributed by atoms with Gasteiger partial charge in [0, 0.05) is 55.2 Å². The van der Waals surface area contributed by atoms with E-state index in [1.807, 2.05) is 0 Å². The summed E-state index contributed by atoms with van der Waals surface area (Å²) in [6.45, 7) is 0. The van der Waals surface area contributed by atoms with Crippen molar-refractivity contribution in [3.8, 4) is 45.6 Å². The van der Waals surface area contributed by atoms with Gasteiger partial charge in [-0.05, 0) is 109 Å². The van der Waals surface area contributed by atoms with Crippen molar-refractivity contribution in [2.24, 2.45) is 0 Å². The number of sulfonamides is 2. The van der Waals surface area contributed by atoms with Gasteiger partial charge < -0.3 is 20.2 Å². The molecule has 8 N–H and O–H groups in total. The second-order valence-electron chi connectivity index (χ2n) is 16.4. The normalized spacial score (nSPS) is 12.6. The highest BCUT2D eigenvalue weighted by Crippen LogP contribution is 2.40. The third-order valence-corrected chi connectivity index (χ3v) is 16.1. The van der Waals surface area contributed by atoms with E-state index in [1.54, 1.807) is 0 Å². The maximum Gasteiger partial charge on any atom is 0.335 e. The summed E-state index contributed by atoms with van der Waals surface area (Å²) < 4.78 is 129. The minimum atomic E-state index is -4.80. The molecule has 9 aromatic rings. The van der Waals surface area contributed by atoms with Gasteiger partial charge in [0.15, 0.2) is 23.3 Å². The highest BCUT2D eigenvalue weighted by molar-refractivity contribution is 7.93. The molecule has 0 unspecified atom stereocenters. The van der Waals surface area contributed by atoms with Gasteiger partial charge in [0.1, 0.15) is 22.6 Å². The quantitative estimate of drug-likeness (QED) is 0.0690. The van der Waals surface area contributed by atoms with E-state index in [0.29, 0.717) is 0 Å². The summed E-state index contributed by atoms with van der Waals surface area (Å²) in [5.74, 6) is -3.04. The Kier molecular flexibility index (Phi) is 10.7. The first-order valence-corrected chi connectivity index (χ1v) is 26.9. The summed E-state index contributed by atoms with van der Waals surface area (Å²) in [6.07, 6.45) is 0. The van der Waals surface area contributed by atoms with Crippen molar-refractivity contribution in [2.45, 2.75) is 19.6 Å². The van der Waals surface area contributed by atoms with Crippen LogP contribution in [0, 0.1) is 0 Å². The molecule has 370 valence electrons. The van der Waals surface area contributed by atoms with Crippen molar-refractivity contribution in [3.63, 3.8) is 0 Å². The van der Waals surface area contributed by atoms with Crippen LogP contribution in [0.15, 0.2) is 141 Å². The van der Waals surface area contributed by atoms with Crippen molar-refractivity contribution in [1.29, 1.82) is 0 Å². The monoisotopic (exact) mass is 1070 g/mol. The predicted octanol–water partition coefficient (Wildman–Crippen LogP) is 6.36. The fourth-order valence-corrected chi connectivity index (χ4v) is 11.4. The topological polar surface area (TPSA) is 385 Å². The van der Waals surface area contributed by atoms with Gasteiger partial charge in [-0.25, -0.2) is 56.3 Å². The number of aromatic carboxylic acids is 2. The Labute approximate surface area is 415 Å². The van der Waals surface area contributed by atoms with Gasteiger partial charge in [0.05, 0.1) is 30.7 Å². The SMILES string of the molecule is O=C(O)c1cccc(S(=O)(=O)Nc2ccc3c(c2)-c2nc-3nc3[nH]c(nc4nc(nc5[nH]c(n2)c2ccc(S(=O)(=O)O)cc52)-c2ccc(NS(=O)(=O)c5cccc(C(=O)O)c5)cc2-4)c2ccc(S(=O)(=O)O)cc32)c1. The van der Waals surface area contributed by atoms with E-state index in [9.17, 15) is 62.6 Å². The molecule has 6 aromatic carbocycles. The Balaban J connectivity index is 1.18. The van der Waals surface area contributed by atoms with Gasteiger partial charge in [0.2, 0.25) is 0 Å². The average molecular weight is 1070 g/mol. The number of aromatic nitrogens is 8. The first kappa shape index (κ1) is 47.3. The standard InChI is InChI=1S/C46H28N10O14S4/c57-45(58)21-3-1-5-25(15-21)71(61,62)55-23-7-11-29-33(17-23)41-47-37(29)51-43-36-20-28(74(68,69)70)10-14-32(36)40(54-43)50-42-34-18-24(56-72(63,64)26-6-2-4-22(16-26)46(59)60)8-12-30(34)38(48-42)52-44-35-19-27(73(65,66)67)9-13-31(35)39(49-41)53-44/h1-20,55-56H,(H,57,58)(H,59,60)(H,65,66,67)(H,68,69,70)(H2,47,48,49,50,51,52,53,54). The first-order valence-electron chi connectivity index (χ1n) is 21.1. The molecule has 0 saturated carbocycles. The van der Waals surface area contributed by atoms with Gasteiger partial charge in [-0.2, -0.15) is 16.8 Å². The van der Waals surface area contributed by atoms with Crippen molar-refractivity contribution in [3.05, 3.63) is 132 Å². The molecule has 0 fully saturated rings. The molecule has 74 heavy (non-hydrogen) atoms. The number of aromatic amines is 2. The van der Waals surface area contributed by atoms with Crippen LogP contribution in [0.3, 0.4) is 0 Å². The van der Waals surface area contributed by atoms with Gasteiger partial charge in [0.25, 0.3) is 40.3 Å². The van der Waals surface area contributed by atoms with Crippen LogP contribution in [0.2, 0.25) is 0 Å². The molecule has 8 bridgehead atoms. The summed E-state index contributed by atoms with van der Waals surface area (Å²) in [7, 11) is -18.4. The lowest BCUT2D eigenvalue weighted by Crippen LogP contribution is -2.13. The highest BCUT2D eigenvalue weighted by Gasteiger charge is 2.27. The second-order valence-corrected chi connectivity index (χ2v) is 22.6. The van der Waals surface area contributed by atoms with E-state index < -0.39 is 62.0 Å².